The summed E-state index contributed by atoms with van der Waals surface area (Å²) in [6, 6.07) is 0. The van der Waals surface area contributed by atoms with E-state index in [9.17, 15) is 0 Å². The molecule has 0 heterocycles. The van der Waals surface area contributed by atoms with E-state index in [0.29, 0.717) is 6.10 Å². The molecular weight excluding hydrogens is 222 g/mol. The predicted molar refractivity (Wildman–Crippen MR) is 78.9 cm³/mol. The van der Waals surface area contributed by atoms with Crippen LogP contribution in [-0.4, -0.2) is 25.8 Å². The van der Waals surface area contributed by atoms with Crippen LogP contribution in [0.1, 0.15) is 65.7 Å². The average Bonchev–Trinajstić information content (AvgIpc) is 2.37. The van der Waals surface area contributed by atoms with Gasteiger partial charge in [0.1, 0.15) is 0 Å². The minimum absolute atomic E-state index is 0.554. The van der Waals surface area contributed by atoms with Gasteiger partial charge in [0.25, 0.3) is 0 Å². The third-order valence-electron chi connectivity index (χ3n) is 4.40. The zero-order valence-corrected chi connectivity index (χ0v) is 12.7. The molecule has 0 aromatic carbocycles. The van der Waals surface area contributed by atoms with Gasteiger partial charge in [-0.25, -0.2) is 0 Å². The SMILES string of the molecule is CCNCCCCCCOC1CCC(C)C(C)C1. The molecular formula is C16H33NO. The van der Waals surface area contributed by atoms with Gasteiger partial charge in [0.05, 0.1) is 6.10 Å². The van der Waals surface area contributed by atoms with E-state index in [1.54, 1.807) is 0 Å². The Morgan fingerprint density at radius 2 is 1.78 bits per heavy atom. The Morgan fingerprint density at radius 1 is 1.00 bits per heavy atom. The zero-order valence-electron chi connectivity index (χ0n) is 12.7. The molecule has 108 valence electrons. The van der Waals surface area contributed by atoms with Gasteiger partial charge in [-0.3, -0.25) is 0 Å². The average molecular weight is 255 g/mol. The van der Waals surface area contributed by atoms with E-state index in [1.165, 1.54) is 51.5 Å². The van der Waals surface area contributed by atoms with E-state index < -0.39 is 0 Å². The first-order chi connectivity index (χ1) is 8.74. The molecule has 3 unspecified atom stereocenters. The van der Waals surface area contributed by atoms with Gasteiger partial charge in [-0.05, 0) is 57.0 Å². The van der Waals surface area contributed by atoms with Crippen molar-refractivity contribution in [2.24, 2.45) is 11.8 Å². The van der Waals surface area contributed by atoms with E-state index in [4.69, 9.17) is 4.74 Å². The summed E-state index contributed by atoms with van der Waals surface area (Å²) in [5, 5.41) is 3.37. The summed E-state index contributed by atoms with van der Waals surface area (Å²) in [5.74, 6) is 1.75. The fourth-order valence-corrected chi connectivity index (χ4v) is 2.78. The maximum Gasteiger partial charge on any atom is 0.0577 e. The lowest BCUT2D eigenvalue weighted by molar-refractivity contribution is 0.00101. The molecule has 0 amide bonds. The van der Waals surface area contributed by atoms with Crippen molar-refractivity contribution >= 4 is 0 Å². The van der Waals surface area contributed by atoms with Crippen LogP contribution in [0.4, 0.5) is 0 Å². The molecule has 2 nitrogen and oxygen atoms in total. The van der Waals surface area contributed by atoms with Crippen LogP contribution in [0.25, 0.3) is 0 Å². The number of unbranched alkanes of at least 4 members (excludes halogenated alkanes) is 3. The molecule has 3 atom stereocenters. The van der Waals surface area contributed by atoms with Gasteiger partial charge in [0, 0.05) is 6.61 Å². The highest BCUT2D eigenvalue weighted by Crippen LogP contribution is 2.30. The van der Waals surface area contributed by atoms with Crippen molar-refractivity contribution in [2.45, 2.75) is 71.8 Å². The minimum atomic E-state index is 0.554. The van der Waals surface area contributed by atoms with Gasteiger partial charge < -0.3 is 10.1 Å². The maximum absolute atomic E-state index is 6.01. The van der Waals surface area contributed by atoms with Crippen molar-refractivity contribution in [3.8, 4) is 0 Å². The minimum Gasteiger partial charge on any atom is -0.378 e. The lowest BCUT2D eigenvalue weighted by atomic mass is 9.80. The van der Waals surface area contributed by atoms with Crippen molar-refractivity contribution < 1.29 is 4.74 Å². The van der Waals surface area contributed by atoms with Gasteiger partial charge in [-0.15, -0.1) is 0 Å². The molecule has 0 spiro atoms. The highest BCUT2D eigenvalue weighted by atomic mass is 16.5. The van der Waals surface area contributed by atoms with Crippen LogP contribution >= 0.6 is 0 Å². The Bertz CT molecular complexity index is 196. The quantitative estimate of drug-likeness (QED) is 0.629. The molecule has 1 fully saturated rings. The van der Waals surface area contributed by atoms with Gasteiger partial charge >= 0.3 is 0 Å². The monoisotopic (exact) mass is 255 g/mol. The molecule has 1 N–H and O–H groups in total. The third kappa shape index (κ3) is 6.75. The summed E-state index contributed by atoms with van der Waals surface area (Å²) in [5.41, 5.74) is 0. The van der Waals surface area contributed by atoms with Crippen LogP contribution in [-0.2, 0) is 4.74 Å². The molecule has 0 saturated heterocycles. The Balaban J connectivity index is 1.89. The number of hydrogen-bond acceptors (Lipinski definition) is 2. The normalized spacial score (nSPS) is 28.5. The van der Waals surface area contributed by atoms with E-state index in [2.05, 4.69) is 26.1 Å². The Hall–Kier alpha value is -0.0800. The maximum atomic E-state index is 6.01. The largest absolute Gasteiger partial charge is 0.378 e. The summed E-state index contributed by atoms with van der Waals surface area (Å²) in [6.45, 7) is 10.2. The smallest absolute Gasteiger partial charge is 0.0577 e. The van der Waals surface area contributed by atoms with Crippen LogP contribution in [0.3, 0.4) is 0 Å². The first-order valence-corrected chi connectivity index (χ1v) is 8.06. The lowest BCUT2D eigenvalue weighted by Crippen LogP contribution is -2.27. The third-order valence-corrected chi connectivity index (χ3v) is 4.40. The molecule has 1 aliphatic carbocycles. The van der Waals surface area contributed by atoms with Crippen LogP contribution in [0, 0.1) is 11.8 Å². The van der Waals surface area contributed by atoms with Gasteiger partial charge in [0.15, 0.2) is 0 Å². The summed E-state index contributed by atoms with van der Waals surface area (Å²) in [7, 11) is 0. The van der Waals surface area contributed by atoms with Crippen LogP contribution in [0.15, 0.2) is 0 Å². The summed E-state index contributed by atoms with van der Waals surface area (Å²) in [4.78, 5) is 0. The molecule has 0 bridgehead atoms. The topological polar surface area (TPSA) is 21.3 Å². The number of hydrogen-bond donors (Lipinski definition) is 1. The van der Waals surface area contributed by atoms with Crippen LogP contribution in [0.2, 0.25) is 0 Å². The highest BCUT2D eigenvalue weighted by Gasteiger charge is 2.24. The molecule has 1 rings (SSSR count). The predicted octanol–water partition coefficient (Wildman–Crippen LogP) is 4.00. The Labute approximate surface area is 114 Å². The summed E-state index contributed by atoms with van der Waals surface area (Å²) in [6.07, 6.45) is 9.69. The second-order valence-electron chi connectivity index (χ2n) is 6.03. The summed E-state index contributed by atoms with van der Waals surface area (Å²) < 4.78 is 6.01. The Kier molecular flexibility index (Phi) is 8.70. The molecule has 0 aromatic heterocycles. The first-order valence-electron chi connectivity index (χ1n) is 8.06. The highest BCUT2D eigenvalue weighted by molar-refractivity contribution is 4.75. The molecule has 0 aliphatic heterocycles. The second-order valence-corrected chi connectivity index (χ2v) is 6.03. The molecule has 0 radical (unpaired) electrons. The molecule has 1 saturated carbocycles. The van der Waals surface area contributed by atoms with E-state index in [-0.39, 0.29) is 0 Å². The standard InChI is InChI=1S/C16H33NO/c1-4-17-11-7-5-6-8-12-18-16-10-9-14(2)15(3)13-16/h14-17H,4-13H2,1-3H3. The van der Waals surface area contributed by atoms with Crippen LogP contribution < -0.4 is 5.32 Å². The van der Waals surface area contributed by atoms with Gasteiger partial charge in [0.2, 0.25) is 0 Å². The van der Waals surface area contributed by atoms with Crippen molar-refractivity contribution in [1.82, 2.24) is 5.32 Å². The van der Waals surface area contributed by atoms with Gasteiger partial charge in [-0.1, -0.05) is 33.6 Å². The zero-order chi connectivity index (χ0) is 13.2. The lowest BCUT2D eigenvalue weighted by Gasteiger charge is -2.32. The van der Waals surface area contributed by atoms with Crippen molar-refractivity contribution in [2.75, 3.05) is 19.7 Å². The van der Waals surface area contributed by atoms with Crippen molar-refractivity contribution in [3.63, 3.8) is 0 Å². The fourth-order valence-electron chi connectivity index (χ4n) is 2.78. The fraction of sp³-hybridized carbons (Fsp3) is 1.00. The molecule has 0 aromatic rings. The molecule has 18 heavy (non-hydrogen) atoms. The number of nitrogens with one attached hydrogen (secondary N) is 1. The van der Waals surface area contributed by atoms with Gasteiger partial charge in [-0.2, -0.15) is 0 Å². The van der Waals surface area contributed by atoms with Crippen LogP contribution in [0.5, 0.6) is 0 Å². The number of rotatable bonds is 9. The van der Waals surface area contributed by atoms with Crippen molar-refractivity contribution in [3.05, 3.63) is 0 Å². The van der Waals surface area contributed by atoms with E-state index in [1.807, 2.05) is 0 Å². The summed E-state index contributed by atoms with van der Waals surface area (Å²) >= 11 is 0. The van der Waals surface area contributed by atoms with Crippen molar-refractivity contribution in [1.29, 1.82) is 0 Å². The van der Waals surface area contributed by atoms with E-state index >= 15 is 0 Å². The molecule has 1 aliphatic rings. The number of ether oxygens (including phenoxy) is 1. The first kappa shape index (κ1) is 16.0. The second kappa shape index (κ2) is 9.80. The molecule has 2 heteroatoms. The Morgan fingerprint density at radius 3 is 2.50 bits per heavy atom. The van der Waals surface area contributed by atoms with E-state index in [0.717, 1.165) is 25.0 Å².